The maximum Gasteiger partial charge on any atom is 0.327 e. The Morgan fingerprint density at radius 1 is 0.929 bits per heavy atom. The van der Waals surface area contributed by atoms with E-state index in [0.29, 0.717) is 0 Å². The molecule has 0 aromatic heterocycles. The van der Waals surface area contributed by atoms with Gasteiger partial charge < -0.3 is 37.0 Å². The average molecular weight is 422 g/mol. The highest BCUT2D eigenvalue weighted by Crippen LogP contribution is 2.04. The molecule has 0 heterocycles. The molecule has 160 valence electrons. The number of aliphatic carboxylic acids is 2. The monoisotopic (exact) mass is 422 g/mol. The molecule has 0 aromatic carbocycles. The summed E-state index contributed by atoms with van der Waals surface area (Å²) in [5.41, 5.74) is 5.45. The molecule has 0 saturated heterocycles. The van der Waals surface area contributed by atoms with Crippen LogP contribution in [-0.4, -0.2) is 81.5 Å². The number of thiol groups is 1. The van der Waals surface area contributed by atoms with Crippen molar-refractivity contribution in [2.45, 2.75) is 44.4 Å². The fraction of sp³-hybridized carbons (Fsp3) is 0.667. The second kappa shape index (κ2) is 12.2. The van der Waals surface area contributed by atoms with Gasteiger partial charge >= 0.3 is 11.9 Å². The van der Waals surface area contributed by atoms with Gasteiger partial charge in [-0.3, -0.25) is 19.2 Å². The molecule has 0 rings (SSSR count). The standard InChI is InChI=1S/C15H26N4O8S/c1-6(2)11(19-12(23)7(16)3-10(21)22)14(25)17-8(4-20)13(24)18-9(5-28)15(26)27/h6-9,11,20,28H,3-5,16H2,1-2H3,(H,17,25)(H,18,24)(H,19,23)(H,21,22)(H,26,27). The molecular formula is C15H26N4O8S. The number of nitrogens with one attached hydrogen (secondary N) is 3. The van der Waals surface area contributed by atoms with Crippen LogP contribution >= 0.6 is 12.6 Å². The fourth-order valence-electron chi connectivity index (χ4n) is 1.99. The molecule has 12 nitrogen and oxygen atoms in total. The van der Waals surface area contributed by atoms with Crippen molar-refractivity contribution in [1.29, 1.82) is 0 Å². The first-order valence-corrected chi connectivity index (χ1v) is 8.90. The number of carbonyl (C=O) groups is 5. The van der Waals surface area contributed by atoms with Crippen molar-refractivity contribution in [2.24, 2.45) is 11.7 Å². The molecular weight excluding hydrogens is 396 g/mol. The Morgan fingerprint density at radius 3 is 1.86 bits per heavy atom. The van der Waals surface area contributed by atoms with Crippen molar-refractivity contribution in [3.63, 3.8) is 0 Å². The molecule has 3 amide bonds. The maximum atomic E-state index is 12.4. The molecule has 13 heteroatoms. The lowest BCUT2D eigenvalue weighted by Gasteiger charge is -2.26. The highest BCUT2D eigenvalue weighted by Gasteiger charge is 2.31. The van der Waals surface area contributed by atoms with E-state index in [2.05, 4.69) is 28.6 Å². The van der Waals surface area contributed by atoms with Crippen LogP contribution in [0.25, 0.3) is 0 Å². The van der Waals surface area contributed by atoms with Crippen LogP contribution in [0.1, 0.15) is 20.3 Å². The van der Waals surface area contributed by atoms with Crippen molar-refractivity contribution in [2.75, 3.05) is 12.4 Å². The average Bonchev–Trinajstić information content (AvgIpc) is 2.59. The number of aliphatic hydroxyl groups is 1. The van der Waals surface area contributed by atoms with Gasteiger partial charge in [0.25, 0.3) is 0 Å². The molecule has 28 heavy (non-hydrogen) atoms. The summed E-state index contributed by atoms with van der Waals surface area (Å²) in [7, 11) is 0. The molecule has 0 aliphatic heterocycles. The second-order valence-electron chi connectivity index (χ2n) is 6.26. The Morgan fingerprint density at radius 2 is 1.46 bits per heavy atom. The fourth-order valence-corrected chi connectivity index (χ4v) is 2.24. The lowest BCUT2D eigenvalue weighted by atomic mass is 10.0. The molecule has 0 saturated carbocycles. The minimum Gasteiger partial charge on any atom is -0.481 e. The summed E-state index contributed by atoms with van der Waals surface area (Å²) in [6.45, 7) is 2.35. The first-order chi connectivity index (χ1) is 12.9. The number of aliphatic hydroxyl groups excluding tert-OH is 1. The Labute approximate surface area is 166 Å². The Kier molecular flexibility index (Phi) is 11.1. The Bertz CT molecular complexity index is 601. The van der Waals surface area contributed by atoms with E-state index in [0.717, 1.165) is 0 Å². The number of carbonyl (C=O) groups excluding carboxylic acids is 3. The van der Waals surface area contributed by atoms with E-state index in [4.69, 9.17) is 15.9 Å². The topological polar surface area (TPSA) is 208 Å². The summed E-state index contributed by atoms with van der Waals surface area (Å²) in [4.78, 5) is 58.0. The normalized spacial score (nSPS) is 15.1. The molecule has 0 aliphatic carbocycles. The largest absolute Gasteiger partial charge is 0.481 e. The highest BCUT2D eigenvalue weighted by atomic mass is 32.1. The zero-order chi connectivity index (χ0) is 22.0. The summed E-state index contributed by atoms with van der Waals surface area (Å²) >= 11 is 3.79. The van der Waals surface area contributed by atoms with Crippen LogP contribution in [0.2, 0.25) is 0 Å². The molecule has 0 radical (unpaired) electrons. The van der Waals surface area contributed by atoms with Gasteiger partial charge in [0.2, 0.25) is 17.7 Å². The first kappa shape index (κ1) is 25.6. The Balaban J connectivity index is 5.09. The van der Waals surface area contributed by atoms with Gasteiger partial charge in [0, 0.05) is 5.75 Å². The number of hydrogen-bond donors (Lipinski definition) is 8. The molecule has 0 spiro atoms. The zero-order valence-electron chi connectivity index (χ0n) is 15.4. The number of carboxylic acids is 2. The van der Waals surface area contributed by atoms with E-state index < -0.39 is 72.8 Å². The maximum absolute atomic E-state index is 12.4. The third-order valence-corrected chi connectivity index (χ3v) is 3.96. The van der Waals surface area contributed by atoms with Crippen molar-refractivity contribution >= 4 is 42.3 Å². The first-order valence-electron chi connectivity index (χ1n) is 8.27. The van der Waals surface area contributed by atoms with Crippen LogP contribution in [-0.2, 0) is 24.0 Å². The molecule has 8 N–H and O–H groups in total. The molecule has 0 aromatic rings. The van der Waals surface area contributed by atoms with Gasteiger partial charge in [-0.25, -0.2) is 4.79 Å². The van der Waals surface area contributed by atoms with E-state index >= 15 is 0 Å². The van der Waals surface area contributed by atoms with Gasteiger partial charge in [0.15, 0.2) is 0 Å². The minimum atomic E-state index is -1.47. The second-order valence-corrected chi connectivity index (χ2v) is 6.63. The smallest absolute Gasteiger partial charge is 0.327 e. The van der Waals surface area contributed by atoms with Crippen LogP contribution < -0.4 is 21.7 Å². The van der Waals surface area contributed by atoms with Gasteiger partial charge in [-0.2, -0.15) is 12.6 Å². The minimum absolute atomic E-state index is 0.209. The highest BCUT2D eigenvalue weighted by molar-refractivity contribution is 7.80. The van der Waals surface area contributed by atoms with Gasteiger partial charge in [-0.15, -0.1) is 0 Å². The molecule has 0 fully saturated rings. The van der Waals surface area contributed by atoms with Crippen LogP contribution in [0.15, 0.2) is 0 Å². The van der Waals surface area contributed by atoms with Crippen LogP contribution in [0, 0.1) is 5.92 Å². The summed E-state index contributed by atoms with van der Waals surface area (Å²) in [5.74, 6) is -5.96. The van der Waals surface area contributed by atoms with E-state index in [9.17, 15) is 29.1 Å². The van der Waals surface area contributed by atoms with Crippen molar-refractivity contribution in [3.8, 4) is 0 Å². The van der Waals surface area contributed by atoms with Crippen molar-refractivity contribution in [3.05, 3.63) is 0 Å². The lowest BCUT2D eigenvalue weighted by molar-refractivity contribution is -0.142. The predicted octanol–water partition coefficient (Wildman–Crippen LogP) is -3.09. The lowest BCUT2D eigenvalue weighted by Crippen LogP contribution is -2.59. The quantitative estimate of drug-likeness (QED) is 0.150. The number of carboxylic acid groups (broad SMARTS) is 2. The van der Waals surface area contributed by atoms with Gasteiger partial charge in [-0.1, -0.05) is 13.8 Å². The number of nitrogens with two attached hydrogens (primary N) is 1. The Hall–Kier alpha value is -2.38. The third-order valence-electron chi connectivity index (χ3n) is 3.59. The molecule has 4 atom stereocenters. The predicted molar refractivity (Wildman–Crippen MR) is 99.4 cm³/mol. The number of amides is 3. The third kappa shape index (κ3) is 8.54. The summed E-state index contributed by atoms with van der Waals surface area (Å²) in [6.07, 6.45) is -0.639. The number of hydrogen-bond acceptors (Lipinski definition) is 8. The van der Waals surface area contributed by atoms with Gasteiger partial charge in [0.05, 0.1) is 19.1 Å². The van der Waals surface area contributed by atoms with Gasteiger partial charge in [0.1, 0.15) is 18.1 Å². The molecule has 0 bridgehead atoms. The zero-order valence-corrected chi connectivity index (χ0v) is 16.3. The van der Waals surface area contributed by atoms with Crippen molar-refractivity contribution in [1.82, 2.24) is 16.0 Å². The van der Waals surface area contributed by atoms with Crippen LogP contribution in [0.3, 0.4) is 0 Å². The summed E-state index contributed by atoms with van der Waals surface area (Å²) in [6, 6.07) is -5.35. The molecule has 0 aliphatic rings. The summed E-state index contributed by atoms with van der Waals surface area (Å²) < 4.78 is 0. The van der Waals surface area contributed by atoms with Crippen LogP contribution in [0.5, 0.6) is 0 Å². The van der Waals surface area contributed by atoms with E-state index in [1.54, 1.807) is 13.8 Å². The van der Waals surface area contributed by atoms with Gasteiger partial charge in [-0.05, 0) is 5.92 Å². The number of rotatable bonds is 12. The van der Waals surface area contributed by atoms with E-state index in [1.807, 2.05) is 0 Å². The van der Waals surface area contributed by atoms with E-state index in [1.165, 1.54) is 0 Å². The van der Waals surface area contributed by atoms with Crippen LogP contribution in [0.4, 0.5) is 0 Å². The van der Waals surface area contributed by atoms with Crippen molar-refractivity contribution < 1.29 is 39.3 Å². The summed E-state index contributed by atoms with van der Waals surface area (Å²) in [5, 5.41) is 33.6. The SMILES string of the molecule is CC(C)C(NC(=O)C(N)CC(=O)O)C(=O)NC(CO)C(=O)NC(CS)C(=O)O. The molecule has 4 unspecified atom stereocenters. The van der Waals surface area contributed by atoms with E-state index in [-0.39, 0.29) is 5.75 Å².